The van der Waals surface area contributed by atoms with Gasteiger partial charge in [0.15, 0.2) is 9.84 Å². The summed E-state index contributed by atoms with van der Waals surface area (Å²) in [4.78, 5) is 0. The van der Waals surface area contributed by atoms with Crippen LogP contribution >= 0.6 is 0 Å². The standard InChI is InChI=1S/C11H19N3O2S/c1-2-3-4-9-7-11(12)14(13-9)10-5-6-17(15,16)8-10/h7,10H,2-6,8,12H2,1H3. The number of nitrogens with zero attached hydrogens (tertiary/aromatic N) is 2. The summed E-state index contributed by atoms with van der Waals surface area (Å²) in [6, 6.07) is 1.79. The van der Waals surface area contributed by atoms with E-state index >= 15 is 0 Å². The minimum absolute atomic E-state index is 0.0737. The number of sulfone groups is 1. The van der Waals surface area contributed by atoms with E-state index in [1.165, 1.54) is 0 Å². The highest BCUT2D eigenvalue weighted by atomic mass is 32.2. The van der Waals surface area contributed by atoms with E-state index in [0.29, 0.717) is 12.2 Å². The maximum absolute atomic E-state index is 11.4. The Bertz CT molecular complexity index is 493. The molecule has 1 unspecified atom stereocenters. The maximum atomic E-state index is 11.4. The molecule has 1 aromatic heterocycles. The minimum atomic E-state index is -2.88. The zero-order chi connectivity index (χ0) is 12.5. The van der Waals surface area contributed by atoms with Crippen molar-refractivity contribution in [3.8, 4) is 0 Å². The second kappa shape index (κ2) is 4.68. The Morgan fingerprint density at radius 2 is 2.35 bits per heavy atom. The van der Waals surface area contributed by atoms with Crippen molar-refractivity contribution < 1.29 is 8.42 Å². The molecule has 1 atom stereocenters. The smallest absolute Gasteiger partial charge is 0.152 e. The summed E-state index contributed by atoms with van der Waals surface area (Å²) in [5, 5.41) is 4.42. The average Bonchev–Trinajstić information content (AvgIpc) is 2.78. The molecule has 1 saturated heterocycles. The van der Waals surface area contributed by atoms with Gasteiger partial charge in [0, 0.05) is 6.07 Å². The Morgan fingerprint density at radius 3 is 2.94 bits per heavy atom. The van der Waals surface area contributed by atoms with Crippen LogP contribution in [0.4, 0.5) is 5.82 Å². The molecule has 1 aliphatic heterocycles. The van der Waals surface area contributed by atoms with E-state index in [-0.39, 0.29) is 17.5 Å². The van der Waals surface area contributed by atoms with Gasteiger partial charge < -0.3 is 5.73 Å². The first-order valence-electron chi connectivity index (χ1n) is 6.06. The molecule has 1 aliphatic rings. The van der Waals surface area contributed by atoms with Crippen molar-refractivity contribution >= 4 is 15.7 Å². The summed E-state index contributed by atoms with van der Waals surface area (Å²) in [6.45, 7) is 2.13. The molecular weight excluding hydrogens is 238 g/mol. The van der Waals surface area contributed by atoms with E-state index in [1.807, 2.05) is 6.07 Å². The lowest BCUT2D eigenvalue weighted by Crippen LogP contribution is -2.14. The number of anilines is 1. The molecule has 0 aromatic carbocycles. The highest BCUT2D eigenvalue weighted by Gasteiger charge is 2.30. The van der Waals surface area contributed by atoms with Gasteiger partial charge in [-0.3, -0.25) is 0 Å². The fourth-order valence-electron chi connectivity index (χ4n) is 2.20. The number of aromatic nitrogens is 2. The van der Waals surface area contributed by atoms with E-state index in [1.54, 1.807) is 4.68 Å². The second-order valence-electron chi connectivity index (χ2n) is 4.67. The number of nitrogens with two attached hydrogens (primary N) is 1. The zero-order valence-electron chi connectivity index (χ0n) is 10.1. The van der Waals surface area contributed by atoms with Crippen molar-refractivity contribution in [2.45, 2.75) is 38.6 Å². The number of hydrogen-bond acceptors (Lipinski definition) is 4. The number of unbranched alkanes of at least 4 members (excludes halogenated alkanes) is 1. The molecule has 0 radical (unpaired) electrons. The fraction of sp³-hybridized carbons (Fsp3) is 0.727. The van der Waals surface area contributed by atoms with Gasteiger partial charge in [0.1, 0.15) is 5.82 Å². The first-order chi connectivity index (χ1) is 8.02. The van der Waals surface area contributed by atoms with Gasteiger partial charge >= 0.3 is 0 Å². The van der Waals surface area contributed by atoms with Crippen molar-refractivity contribution in [3.63, 3.8) is 0 Å². The van der Waals surface area contributed by atoms with Crippen LogP contribution in [0.1, 0.15) is 37.9 Å². The number of rotatable bonds is 4. The fourth-order valence-corrected chi connectivity index (χ4v) is 3.89. The molecule has 5 nitrogen and oxygen atoms in total. The molecule has 1 fully saturated rings. The van der Waals surface area contributed by atoms with Gasteiger partial charge in [-0.1, -0.05) is 13.3 Å². The highest BCUT2D eigenvalue weighted by molar-refractivity contribution is 7.91. The third-order valence-electron chi connectivity index (χ3n) is 3.16. The molecule has 0 aliphatic carbocycles. The lowest BCUT2D eigenvalue weighted by Gasteiger charge is -2.09. The molecule has 0 saturated carbocycles. The summed E-state index contributed by atoms with van der Waals surface area (Å²) in [5.74, 6) is 1.01. The van der Waals surface area contributed by atoms with Gasteiger partial charge in [0.2, 0.25) is 0 Å². The van der Waals surface area contributed by atoms with Crippen LogP contribution in [-0.4, -0.2) is 29.7 Å². The van der Waals surface area contributed by atoms with Crippen molar-refractivity contribution in [1.29, 1.82) is 0 Å². The molecule has 0 amide bonds. The van der Waals surface area contributed by atoms with Crippen molar-refractivity contribution in [2.75, 3.05) is 17.2 Å². The van der Waals surface area contributed by atoms with Crippen LogP contribution in [0.25, 0.3) is 0 Å². The minimum Gasteiger partial charge on any atom is -0.384 e. The average molecular weight is 257 g/mol. The highest BCUT2D eigenvalue weighted by Crippen LogP contribution is 2.26. The van der Waals surface area contributed by atoms with E-state index in [9.17, 15) is 8.42 Å². The van der Waals surface area contributed by atoms with Gasteiger partial charge in [0.05, 0.1) is 23.2 Å². The molecule has 0 bridgehead atoms. The molecule has 17 heavy (non-hydrogen) atoms. The van der Waals surface area contributed by atoms with Crippen LogP contribution in [0.3, 0.4) is 0 Å². The molecule has 2 rings (SSSR count). The SMILES string of the molecule is CCCCc1cc(N)n(C2CCS(=O)(=O)C2)n1. The van der Waals surface area contributed by atoms with E-state index in [0.717, 1.165) is 25.0 Å². The van der Waals surface area contributed by atoms with Crippen molar-refractivity contribution in [2.24, 2.45) is 0 Å². The van der Waals surface area contributed by atoms with Crippen LogP contribution in [0.5, 0.6) is 0 Å². The molecular formula is C11H19N3O2S. The molecule has 2 heterocycles. The third kappa shape index (κ3) is 2.80. The Labute approximate surface area is 102 Å². The molecule has 1 aromatic rings. The second-order valence-corrected chi connectivity index (χ2v) is 6.89. The quantitative estimate of drug-likeness (QED) is 0.878. The summed E-state index contributed by atoms with van der Waals surface area (Å²) in [6.07, 6.45) is 3.73. The van der Waals surface area contributed by atoms with Crippen LogP contribution in [0.15, 0.2) is 6.07 Å². The first-order valence-corrected chi connectivity index (χ1v) is 7.88. The summed E-state index contributed by atoms with van der Waals surface area (Å²) in [7, 11) is -2.88. The predicted octanol–water partition coefficient (Wildman–Crippen LogP) is 1.17. The normalized spacial score (nSPS) is 23.0. The van der Waals surface area contributed by atoms with Gasteiger partial charge in [-0.05, 0) is 19.3 Å². The number of hydrogen-bond donors (Lipinski definition) is 1. The van der Waals surface area contributed by atoms with Crippen LogP contribution in [0, 0.1) is 0 Å². The molecule has 0 spiro atoms. The van der Waals surface area contributed by atoms with Gasteiger partial charge in [-0.25, -0.2) is 13.1 Å². The van der Waals surface area contributed by atoms with Crippen LogP contribution in [-0.2, 0) is 16.3 Å². The summed E-state index contributed by atoms with van der Waals surface area (Å²) >= 11 is 0. The first kappa shape index (κ1) is 12.4. The zero-order valence-corrected chi connectivity index (χ0v) is 10.9. The van der Waals surface area contributed by atoms with Crippen LogP contribution in [0.2, 0.25) is 0 Å². The summed E-state index contributed by atoms with van der Waals surface area (Å²) in [5.41, 5.74) is 6.85. The van der Waals surface area contributed by atoms with Gasteiger partial charge in [0.25, 0.3) is 0 Å². The van der Waals surface area contributed by atoms with E-state index < -0.39 is 9.84 Å². The lowest BCUT2D eigenvalue weighted by atomic mass is 10.2. The Hall–Kier alpha value is -1.04. The lowest BCUT2D eigenvalue weighted by molar-refractivity contribution is 0.500. The Balaban J connectivity index is 2.13. The monoisotopic (exact) mass is 257 g/mol. The Kier molecular flexibility index (Phi) is 3.42. The van der Waals surface area contributed by atoms with Gasteiger partial charge in [-0.15, -0.1) is 0 Å². The van der Waals surface area contributed by atoms with Crippen LogP contribution < -0.4 is 5.73 Å². The number of nitrogen functional groups attached to an aromatic ring is 1. The molecule has 6 heteroatoms. The number of aryl methyl sites for hydroxylation is 1. The molecule has 96 valence electrons. The van der Waals surface area contributed by atoms with Crippen molar-refractivity contribution in [1.82, 2.24) is 9.78 Å². The molecule has 2 N–H and O–H groups in total. The predicted molar refractivity (Wildman–Crippen MR) is 67.6 cm³/mol. The summed E-state index contributed by atoms with van der Waals surface area (Å²) < 4.78 is 24.5. The Morgan fingerprint density at radius 1 is 1.59 bits per heavy atom. The maximum Gasteiger partial charge on any atom is 0.152 e. The van der Waals surface area contributed by atoms with Crippen molar-refractivity contribution in [3.05, 3.63) is 11.8 Å². The van der Waals surface area contributed by atoms with E-state index in [2.05, 4.69) is 12.0 Å². The topological polar surface area (TPSA) is 78.0 Å². The largest absolute Gasteiger partial charge is 0.384 e. The van der Waals surface area contributed by atoms with E-state index in [4.69, 9.17) is 5.73 Å². The third-order valence-corrected chi connectivity index (χ3v) is 4.91. The van der Waals surface area contributed by atoms with Gasteiger partial charge in [-0.2, -0.15) is 5.10 Å².